The van der Waals surface area contributed by atoms with Crippen LogP contribution in [0, 0.1) is 5.92 Å². The minimum atomic E-state index is -3.49. The van der Waals surface area contributed by atoms with E-state index in [2.05, 4.69) is 0 Å². The second-order valence-electron chi connectivity index (χ2n) is 5.98. The molecule has 20 heavy (non-hydrogen) atoms. The fourth-order valence-corrected chi connectivity index (χ4v) is 6.17. The van der Waals surface area contributed by atoms with E-state index in [1.807, 2.05) is 6.92 Å². The Balaban J connectivity index is 2.25. The Labute approximate surface area is 121 Å². The molecule has 3 atom stereocenters. The van der Waals surface area contributed by atoms with Crippen LogP contribution in [0.2, 0.25) is 0 Å². The highest BCUT2D eigenvalue weighted by atomic mass is 32.2. The van der Waals surface area contributed by atoms with Crippen molar-refractivity contribution in [3.63, 3.8) is 0 Å². The van der Waals surface area contributed by atoms with Gasteiger partial charge < -0.3 is 5.11 Å². The molecule has 6 heteroatoms. The van der Waals surface area contributed by atoms with Crippen molar-refractivity contribution in [2.24, 2.45) is 5.92 Å². The first-order valence-corrected chi connectivity index (χ1v) is 9.22. The van der Waals surface area contributed by atoms with Gasteiger partial charge in [0, 0.05) is 12.6 Å². The third-order valence-corrected chi connectivity index (χ3v) is 7.24. The van der Waals surface area contributed by atoms with Crippen LogP contribution in [0.25, 0.3) is 0 Å². The number of nitrogens with zero attached hydrogens (tertiary/aromatic N) is 1. The number of carboxylic acids is 1. The second kappa shape index (κ2) is 6.43. The SMILES string of the molecule is CCC1CCCCCN1S(=O)(=O)C1CCCC1C(=O)O. The minimum absolute atomic E-state index is 0.0533. The van der Waals surface area contributed by atoms with Crippen molar-refractivity contribution in [2.45, 2.75) is 69.6 Å². The van der Waals surface area contributed by atoms with E-state index in [4.69, 9.17) is 0 Å². The van der Waals surface area contributed by atoms with Crippen LogP contribution < -0.4 is 0 Å². The first kappa shape index (κ1) is 15.8. The Hall–Kier alpha value is -0.620. The molecule has 2 fully saturated rings. The van der Waals surface area contributed by atoms with Crippen molar-refractivity contribution >= 4 is 16.0 Å². The van der Waals surface area contributed by atoms with E-state index in [9.17, 15) is 18.3 Å². The number of aliphatic carboxylic acids is 1. The number of carbonyl (C=O) groups is 1. The maximum Gasteiger partial charge on any atom is 0.307 e. The fourth-order valence-electron chi connectivity index (χ4n) is 3.63. The predicted octanol–water partition coefficient (Wildman–Crippen LogP) is 2.22. The summed E-state index contributed by atoms with van der Waals surface area (Å²) in [6.07, 6.45) is 6.42. The molecular formula is C14H25NO4S. The summed E-state index contributed by atoms with van der Waals surface area (Å²) in [5, 5.41) is 8.53. The summed E-state index contributed by atoms with van der Waals surface area (Å²) in [6, 6.07) is 0.0533. The quantitative estimate of drug-likeness (QED) is 0.864. The summed E-state index contributed by atoms with van der Waals surface area (Å²) in [5.41, 5.74) is 0. The minimum Gasteiger partial charge on any atom is -0.481 e. The van der Waals surface area contributed by atoms with Gasteiger partial charge in [-0.1, -0.05) is 26.2 Å². The molecule has 0 aromatic rings. The van der Waals surface area contributed by atoms with Gasteiger partial charge in [0.2, 0.25) is 10.0 Å². The molecule has 0 aromatic heterocycles. The van der Waals surface area contributed by atoms with E-state index in [-0.39, 0.29) is 6.04 Å². The zero-order chi connectivity index (χ0) is 14.8. The van der Waals surface area contributed by atoms with Crippen LogP contribution >= 0.6 is 0 Å². The molecule has 1 aliphatic heterocycles. The molecule has 3 unspecified atom stereocenters. The van der Waals surface area contributed by atoms with Crippen molar-refractivity contribution in [3.8, 4) is 0 Å². The molecule has 1 aliphatic carbocycles. The topological polar surface area (TPSA) is 74.7 Å². The highest BCUT2D eigenvalue weighted by Gasteiger charge is 2.45. The van der Waals surface area contributed by atoms with Crippen LogP contribution in [0.15, 0.2) is 0 Å². The smallest absolute Gasteiger partial charge is 0.307 e. The van der Waals surface area contributed by atoms with Gasteiger partial charge >= 0.3 is 5.97 Å². The molecule has 5 nitrogen and oxygen atoms in total. The molecule has 1 heterocycles. The number of hydrogen-bond donors (Lipinski definition) is 1. The van der Waals surface area contributed by atoms with E-state index >= 15 is 0 Å². The fraction of sp³-hybridized carbons (Fsp3) is 0.929. The number of rotatable bonds is 4. The van der Waals surface area contributed by atoms with E-state index in [0.717, 1.165) is 32.1 Å². The normalized spacial score (nSPS) is 33.0. The van der Waals surface area contributed by atoms with Crippen LogP contribution in [0.3, 0.4) is 0 Å². The van der Waals surface area contributed by atoms with Gasteiger partial charge in [-0.3, -0.25) is 4.79 Å². The van der Waals surface area contributed by atoms with Gasteiger partial charge in [-0.05, 0) is 32.1 Å². The molecule has 1 saturated carbocycles. The molecule has 0 spiro atoms. The molecule has 1 N–H and O–H groups in total. The maximum atomic E-state index is 12.9. The largest absolute Gasteiger partial charge is 0.481 e. The lowest BCUT2D eigenvalue weighted by molar-refractivity contribution is -0.141. The average Bonchev–Trinajstić information content (AvgIpc) is 2.78. The molecule has 0 radical (unpaired) electrons. The summed E-state index contributed by atoms with van der Waals surface area (Å²) < 4.78 is 27.4. The Bertz CT molecular complexity index is 448. The number of carboxylic acid groups (broad SMARTS) is 1. The Morgan fingerprint density at radius 3 is 2.55 bits per heavy atom. The Morgan fingerprint density at radius 2 is 1.90 bits per heavy atom. The van der Waals surface area contributed by atoms with Crippen molar-refractivity contribution in [1.82, 2.24) is 4.31 Å². The molecule has 0 amide bonds. The highest BCUT2D eigenvalue weighted by molar-refractivity contribution is 7.89. The van der Waals surface area contributed by atoms with E-state index in [0.29, 0.717) is 25.8 Å². The monoisotopic (exact) mass is 303 g/mol. The summed E-state index contributed by atoms with van der Waals surface area (Å²) in [4.78, 5) is 11.3. The molecule has 116 valence electrons. The van der Waals surface area contributed by atoms with Gasteiger partial charge in [0.05, 0.1) is 11.2 Å². The van der Waals surface area contributed by atoms with E-state index in [1.54, 1.807) is 4.31 Å². The number of hydrogen-bond acceptors (Lipinski definition) is 3. The maximum absolute atomic E-state index is 12.9. The summed E-state index contributed by atoms with van der Waals surface area (Å²) in [6.45, 7) is 2.57. The van der Waals surface area contributed by atoms with Crippen LogP contribution in [0.1, 0.15) is 58.3 Å². The van der Waals surface area contributed by atoms with Crippen LogP contribution in [-0.4, -0.2) is 41.6 Å². The van der Waals surface area contributed by atoms with E-state index < -0.39 is 27.2 Å². The van der Waals surface area contributed by atoms with Gasteiger partial charge in [0.1, 0.15) is 0 Å². The molecular weight excluding hydrogens is 278 g/mol. The lowest BCUT2D eigenvalue weighted by Gasteiger charge is -2.32. The third-order valence-electron chi connectivity index (χ3n) is 4.77. The van der Waals surface area contributed by atoms with Crippen molar-refractivity contribution < 1.29 is 18.3 Å². The van der Waals surface area contributed by atoms with Crippen molar-refractivity contribution in [1.29, 1.82) is 0 Å². The zero-order valence-electron chi connectivity index (χ0n) is 12.1. The van der Waals surface area contributed by atoms with E-state index in [1.165, 1.54) is 0 Å². The third kappa shape index (κ3) is 3.01. The first-order valence-electron chi connectivity index (χ1n) is 7.72. The molecule has 2 aliphatic rings. The van der Waals surface area contributed by atoms with Gasteiger partial charge in [-0.15, -0.1) is 0 Å². The lowest BCUT2D eigenvalue weighted by atomic mass is 10.1. The Kier molecular flexibility index (Phi) is 5.07. The van der Waals surface area contributed by atoms with Crippen molar-refractivity contribution in [2.75, 3.05) is 6.54 Å². The molecule has 0 bridgehead atoms. The van der Waals surface area contributed by atoms with Crippen LogP contribution in [0.4, 0.5) is 0 Å². The van der Waals surface area contributed by atoms with Gasteiger partial charge in [-0.25, -0.2) is 8.42 Å². The van der Waals surface area contributed by atoms with Crippen LogP contribution in [0.5, 0.6) is 0 Å². The lowest BCUT2D eigenvalue weighted by Crippen LogP contribution is -2.46. The average molecular weight is 303 g/mol. The molecule has 2 rings (SSSR count). The second-order valence-corrected chi connectivity index (χ2v) is 8.09. The summed E-state index contributed by atoms with van der Waals surface area (Å²) in [5.74, 6) is -1.68. The Morgan fingerprint density at radius 1 is 1.15 bits per heavy atom. The summed E-state index contributed by atoms with van der Waals surface area (Å²) >= 11 is 0. The van der Waals surface area contributed by atoms with Crippen LogP contribution in [-0.2, 0) is 14.8 Å². The molecule has 1 saturated heterocycles. The number of sulfonamides is 1. The molecule has 0 aromatic carbocycles. The standard InChI is InChI=1S/C14H25NO4S/c1-2-11-7-4-3-5-10-15(11)20(18,19)13-9-6-8-12(13)14(16)17/h11-13H,2-10H2,1H3,(H,16,17). The van der Waals surface area contributed by atoms with Crippen molar-refractivity contribution in [3.05, 3.63) is 0 Å². The van der Waals surface area contributed by atoms with Gasteiger partial charge in [-0.2, -0.15) is 4.31 Å². The highest BCUT2D eigenvalue weighted by Crippen LogP contribution is 2.35. The zero-order valence-corrected chi connectivity index (χ0v) is 12.9. The summed E-state index contributed by atoms with van der Waals surface area (Å²) in [7, 11) is -3.49. The van der Waals surface area contributed by atoms with Gasteiger partial charge in [0.25, 0.3) is 0 Å². The first-order chi connectivity index (χ1) is 9.48. The predicted molar refractivity (Wildman–Crippen MR) is 76.9 cm³/mol. The van der Waals surface area contributed by atoms with Gasteiger partial charge in [0.15, 0.2) is 0 Å².